The summed E-state index contributed by atoms with van der Waals surface area (Å²) < 4.78 is 10.8. The predicted octanol–water partition coefficient (Wildman–Crippen LogP) is 0.933. The summed E-state index contributed by atoms with van der Waals surface area (Å²) in [6, 6.07) is 1.74. The molecule has 2 fully saturated rings. The van der Waals surface area contributed by atoms with E-state index in [1.807, 2.05) is 0 Å². The van der Waals surface area contributed by atoms with Gasteiger partial charge in [0.05, 0.1) is 43.4 Å². The van der Waals surface area contributed by atoms with Gasteiger partial charge in [-0.15, -0.1) is 0 Å². The van der Waals surface area contributed by atoms with Crippen LogP contribution in [-0.4, -0.2) is 51.8 Å². The highest BCUT2D eigenvalue weighted by Gasteiger charge is 2.71. The van der Waals surface area contributed by atoms with Crippen molar-refractivity contribution in [1.29, 1.82) is 0 Å². The van der Waals surface area contributed by atoms with E-state index in [1.165, 1.54) is 12.5 Å². The maximum absolute atomic E-state index is 13.2. The molecule has 27 heavy (non-hydrogen) atoms. The lowest BCUT2D eigenvalue weighted by atomic mass is 9.44. The van der Waals surface area contributed by atoms with E-state index in [2.05, 4.69) is 0 Å². The van der Waals surface area contributed by atoms with Gasteiger partial charge < -0.3 is 29.6 Å². The Morgan fingerprint density at radius 1 is 1.30 bits per heavy atom. The molecule has 7 atom stereocenters. The zero-order valence-electron chi connectivity index (χ0n) is 15.2. The molecule has 3 aliphatic rings. The van der Waals surface area contributed by atoms with Crippen molar-refractivity contribution in [3.8, 4) is 0 Å². The summed E-state index contributed by atoms with van der Waals surface area (Å²) in [6.45, 7) is 0.955. The van der Waals surface area contributed by atoms with Crippen molar-refractivity contribution in [2.75, 3.05) is 13.2 Å². The fourth-order valence-corrected chi connectivity index (χ4v) is 5.90. The van der Waals surface area contributed by atoms with Gasteiger partial charge in [0.15, 0.2) is 0 Å². The molecule has 1 saturated carbocycles. The number of rotatable bonds is 3. The minimum Gasteiger partial charge on any atom is -0.472 e. The van der Waals surface area contributed by atoms with E-state index in [0.717, 1.165) is 5.56 Å². The third-order valence-corrected chi connectivity index (χ3v) is 7.36. The van der Waals surface area contributed by atoms with E-state index in [9.17, 15) is 25.2 Å². The Hall–Kier alpha value is -1.67. The normalized spacial score (nSPS) is 44.1. The van der Waals surface area contributed by atoms with Gasteiger partial charge >= 0.3 is 5.97 Å². The highest BCUT2D eigenvalue weighted by Crippen LogP contribution is 2.65. The van der Waals surface area contributed by atoms with Gasteiger partial charge in [-0.1, -0.05) is 13.0 Å². The first kappa shape index (κ1) is 18.7. The quantitative estimate of drug-likeness (QED) is 0.456. The fraction of sp³-hybridized carbons (Fsp3) is 0.650. The molecule has 0 amide bonds. The molecular formula is C20H26O7. The lowest BCUT2D eigenvalue weighted by Gasteiger charge is -2.60. The number of fused-ring (bicyclic) bond motifs is 2. The van der Waals surface area contributed by atoms with Crippen molar-refractivity contribution >= 4 is 5.97 Å². The molecule has 0 aromatic carbocycles. The fourth-order valence-electron chi connectivity index (χ4n) is 5.90. The third kappa shape index (κ3) is 2.26. The van der Waals surface area contributed by atoms with Gasteiger partial charge in [0.2, 0.25) is 0 Å². The zero-order chi connectivity index (χ0) is 19.4. The highest BCUT2D eigenvalue weighted by molar-refractivity contribution is 5.81. The van der Waals surface area contributed by atoms with E-state index >= 15 is 0 Å². The van der Waals surface area contributed by atoms with Crippen molar-refractivity contribution in [3.63, 3.8) is 0 Å². The number of aliphatic hydroxyl groups excluding tert-OH is 4. The lowest BCUT2D eigenvalue weighted by Crippen LogP contribution is -2.67. The molecule has 1 aromatic heterocycles. The first-order chi connectivity index (χ1) is 12.9. The van der Waals surface area contributed by atoms with Gasteiger partial charge in [0.1, 0.15) is 6.10 Å². The highest BCUT2D eigenvalue weighted by atomic mass is 16.6. The SMILES string of the molecule is C[C@@H]1[C@H](O)[C@H](O)[C@@]2(CO)C(CO)=CCC[C@@H]2[C@@]12C[C@@H](c1ccoc1)OC2=O. The molecule has 2 aliphatic carbocycles. The molecule has 1 aliphatic heterocycles. The summed E-state index contributed by atoms with van der Waals surface area (Å²) in [7, 11) is 0. The average molecular weight is 378 g/mol. The number of furan rings is 1. The smallest absolute Gasteiger partial charge is 0.313 e. The number of carbonyl (C=O) groups is 1. The first-order valence-corrected chi connectivity index (χ1v) is 9.44. The Morgan fingerprint density at radius 2 is 2.07 bits per heavy atom. The molecule has 7 heteroatoms. The van der Waals surface area contributed by atoms with E-state index in [4.69, 9.17) is 9.15 Å². The summed E-state index contributed by atoms with van der Waals surface area (Å²) in [5.41, 5.74) is -1.09. The molecule has 0 unspecified atom stereocenters. The zero-order valence-corrected chi connectivity index (χ0v) is 15.2. The predicted molar refractivity (Wildman–Crippen MR) is 93.2 cm³/mol. The van der Waals surface area contributed by atoms with Crippen LogP contribution >= 0.6 is 0 Å². The Morgan fingerprint density at radius 3 is 2.70 bits per heavy atom. The minimum absolute atomic E-state index is 0.335. The maximum atomic E-state index is 13.2. The number of hydrogen-bond acceptors (Lipinski definition) is 7. The van der Waals surface area contributed by atoms with Crippen LogP contribution in [0.15, 0.2) is 34.7 Å². The minimum atomic E-state index is -1.27. The molecule has 0 bridgehead atoms. The molecule has 0 radical (unpaired) electrons. The van der Waals surface area contributed by atoms with Crippen molar-refractivity contribution in [1.82, 2.24) is 0 Å². The van der Waals surface area contributed by atoms with Gasteiger partial charge in [0, 0.05) is 23.3 Å². The van der Waals surface area contributed by atoms with Gasteiger partial charge in [0.25, 0.3) is 0 Å². The topological polar surface area (TPSA) is 120 Å². The van der Waals surface area contributed by atoms with Gasteiger partial charge in [-0.25, -0.2) is 0 Å². The number of esters is 1. The monoisotopic (exact) mass is 378 g/mol. The maximum Gasteiger partial charge on any atom is 0.313 e. The largest absolute Gasteiger partial charge is 0.472 e. The summed E-state index contributed by atoms with van der Waals surface area (Å²) in [5.74, 6) is -1.42. The Balaban J connectivity index is 1.85. The van der Waals surface area contributed by atoms with Crippen molar-refractivity contribution < 1.29 is 34.4 Å². The molecule has 148 valence electrons. The van der Waals surface area contributed by atoms with Crippen LogP contribution in [0.25, 0.3) is 0 Å². The van der Waals surface area contributed by atoms with Crippen LogP contribution in [0.1, 0.15) is 37.9 Å². The Kier molecular flexibility index (Phi) is 4.46. The molecule has 4 rings (SSSR count). The Bertz CT molecular complexity index is 742. The van der Waals surface area contributed by atoms with Crippen LogP contribution in [0, 0.1) is 22.7 Å². The number of aliphatic hydroxyl groups is 4. The molecular weight excluding hydrogens is 352 g/mol. The van der Waals surface area contributed by atoms with E-state index in [1.54, 1.807) is 19.1 Å². The van der Waals surface area contributed by atoms with Crippen molar-refractivity contribution in [2.24, 2.45) is 22.7 Å². The summed E-state index contributed by atoms with van der Waals surface area (Å²) in [6.07, 6.45) is 3.39. The van der Waals surface area contributed by atoms with Gasteiger partial charge in [-0.3, -0.25) is 4.79 Å². The second kappa shape index (κ2) is 6.44. The van der Waals surface area contributed by atoms with Crippen molar-refractivity contribution in [2.45, 2.75) is 44.5 Å². The number of hydrogen-bond donors (Lipinski definition) is 4. The molecule has 1 saturated heterocycles. The summed E-state index contributed by atoms with van der Waals surface area (Å²) in [4.78, 5) is 13.2. The Labute approximate surface area is 157 Å². The van der Waals surface area contributed by atoms with Gasteiger partial charge in [-0.05, 0) is 30.4 Å². The number of ether oxygens (including phenoxy) is 1. The molecule has 1 spiro atoms. The molecule has 4 N–H and O–H groups in total. The lowest BCUT2D eigenvalue weighted by molar-refractivity contribution is -0.213. The second-order valence-electron chi connectivity index (χ2n) is 8.14. The van der Waals surface area contributed by atoms with Gasteiger partial charge in [-0.2, -0.15) is 0 Å². The average Bonchev–Trinajstić information content (AvgIpc) is 3.33. The number of allylic oxidation sites excluding steroid dienone is 1. The van der Waals surface area contributed by atoms with Crippen molar-refractivity contribution in [3.05, 3.63) is 35.8 Å². The van der Waals surface area contributed by atoms with E-state index in [0.29, 0.717) is 24.8 Å². The van der Waals surface area contributed by atoms with Crippen LogP contribution in [0.5, 0.6) is 0 Å². The summed E-state index contributed by atoms with van der Waals surface area (Å²) in [5, 5.41) is 42.0. The molecule has 2 heterocycles. The van der Waals surface area contributed by atoms with Crippen LogP contribution < -0.4 is 0 Å². The number of cyclic esters (lactones) is 1. The van der Waals surface area contributed by atoms with E-state index in [-0.39, 0.29) is 6.61 Å². The van der Waals surface area contributed by atoms with Crippen LogP contribution in [0.4, 0.5) is 0 Å². The van der Waals surface area contributed by atoms with Crippen LogP contribution in [0.2, 0.25) is 0 Å². The molecule has 1 aromatic rings. The first-order valence-electron chi connectivity index (χ1n) is 9.44. The second-order valence-corrected chi connectivity index (χ2v) is 8.14. The van der Waals surface area contributed by atoms with Crippen LogP contribution in [0.3, 0.4) is 0 Å². The standard InChI is InChI=1S/C20H26O7/c1-11-16(23)17(24)20(10-22)13(8-21)3-2-4-15(20)19(11)7-14(27-18(19)25)12-5-6-26-9-12/h3,5-6,9,11,14-17,21-24H,2,4,7-8,10H2,1H3/t11-,14+,15-,16+,17+,19-,20+/m1/s1. The van der Waals surface area contributed by atoms with E-state index < -0.39 is 53.6 Å². The van der Waals surface area contributed by atoms with Crippen LogP contribution in [-0.2, 0) is 9.53 Å². The number of carbonyl (C=O) groups excluding carboxylic acids is 1. The molecule has 7 nitrogen and oxygen atoms in total. The summed E-state index contributed by atoms with van der Waals surface area (Å²) >= 11 is 0. The third-order valence-electron chi connectivity index (χ3n) is 7.36.